The van der Waals surface area contributed by atoms with E-state index in [4.69, 9.17) is 4.42 Å². The van der Waals surface area contributed by atoms with Crippen LogP contribution in [-0.4, -0.2) is 32.1 Å². The van der Waals surface area contributed by atoms with Gasteiger partial charge in [-0.3, -0.25) is 0 Å². The van der Waals surface area contributed by atoms with E-state index in [0.29, 0.717) is 19.4 Å². The molecule has 5 heteroatoms. The minimum Gasteiger partial charge on any atom is -0.469 e. The van der Waals surface area contributed by atoms with Gasteiger partial charge in [0.1, 0.15) is 5.76 Å². The smallest absolute Gasteiger partial charge is 0.213 e. The van der Waals surface area contributed by atoms with Crippen molar-refractivity contribution in [2.75, 3.05) is 19.3 Å². The van der Waals surface area contributed by atoms with E-state index >= 15 is 0 Å². The largest absolute Gasteiger partial charge is 0.469 e. The maximum Gasteiger partial charge on any atom is 0.213 e. The molecular formula is C11H19NO3S. The van der Waals surface area contributed by atoms with Crippen LogP contribution < -0.4 is 0 Å². The number of furan rings is 1. The molecule has 0 aliphatic carbocycles. The number of hydrogen-bond acceptors (Lipinski definition) is 3. The molecule has 0 N–H and O–H groups in total. The lowest BCUT2D eigenvalue weighted by Crippen LogP contribution is -2.31. The van der Waals surface area contributed by atoms with Crippen LogP contribution in [0.15, 0.2) is 22.8 Å². The Balaban J connectivity index is 2.42. The Morgan fingerprint density at radius 2 is 2.19 bits per heavy atom. The average molecular weight is 245 g/mol. The van der Waals surface area contributed by atoms with Crippen molar-refractivity contribution < 1.29 is 12.8 Å². The van der Waals surface area contributed by atoms with Gasteiger partial charge in [-0.1, -0.05) is 13.3 Å². The molecule has 0 aromatic carbocycles. The summed E-state index contributed by atoms with van der Waals surface area (Å²) in [6.45, 7) is 2.46. The molecule has 0 radical (unpaired) electrons. The van der Waals surface area contributed by atoms with Gasteiger partial charge in [-0.05, 0) is 18.6 Å². The minimum absolute atomic E-state index is 0.234. The summed E-state index contributed by atoms with van der Waals surface area (Å²) < 4.78 is 30.1. The van der Waals surface area contributed by atoms with Gasteiger partial charge in [0.15, 0.2) is 0 Å². The Bertz CT molecular complexity index is 383. The molecule has 92 valence electrons. The highest BCUT2D eigenvalue weighted by molar-refractivity contribution is 7.89. The molecule has 0 bridgehead atoms. The molecule has 1 aromatic heterocycles. The molecule has 4 nitrogen and oxygen atoms in total. The highest BCUT2D eigenvalue weighted by Gasteiger charge is 2.16. The van der Waals surface area contributed by atoms with Crippen LogP contribution >= 0.6 is 0 Å². The standard InChI is InChI=1S/C11H19NO3S/c1-3-4-10-16(13,14)12(2)8-7-11-6-5-9-15-11/h5-6,9H,3-4,7-8,10H2,1-2H3. The molecule has 0 fully saturated rings. The fourth-order valence-electron chi connectivity index (χ4n) is 1.34. The third-order valence-corrected chi connectivity index (χ3v) is 4.42. The predicted molar refractivity (Wildman–Crippen MR) is 63.7 cm³/mol. The van der Waals surface area contributed by atoms with Gasteiger partial charge in [0.05, 0.1) is 12.0 Å². The Morgan fingerprint density at radius 3 is 2.75 bits per heavy atom. The Labute approximate surface area is 97.3 Å². The van der Waals surface area contributed by atoms with Gasteiger partial charge in [-0.2, -0.15) is 0 Å². The van der Waals surface area contributed by atoms with E-state index in [9.17, 15) is 8.42 Å². The third kappa shape index (κ3) is 3.98. The van der Waals surface area contributed by atoms with Crippen molar-refractivity contribution in [3.63, 3.8) is 0 Å². The molecule has 0 spiro atoms. The molecule has 0 unspecified atom stereocenters. The number of hydrogen-bond donors (Lipinski definition) is 0. The van der Waals surface area contributed by atoms with E-state index in [-0.39, 0.29) is 5.75 Å². The van der Waals surface area contributed by atoms with E-state index in [2.05, 4.69) is 0 Å². The normalized spacial score (nSPS) is 12.2. The summed E-state index contributed by atoms with van der Waals surface area (Å²) in [5, 5.41) is 0. The van der Waals surface area contributed by atoms with Crippen LogP contribution in [0.1, 0.15) is 25.5 Å². The van der Waals surface area contributed by atoms with Crippen molar-refractivity contribution in [1.29, 1.82) is 0 Å². The fourth-order valence-corrected chi connectivity index (χ4v) is 2.68. The zero-order chi connectivity index (χ0) is 12.0. The van der Waals surface area contributed by atoms with Crippen molar-refractivity contribution in [2.24, 2.45) is 0 Å². The van der Waals surface area contributed by atoms with Gasteiger partial charge in [0.2, 0.25) is 10.0 Å². The summed E-state index contributed by atoms with van der Waals surface area (Å²) in [5.74, 6) is 1.05. The van der Waals surface area contributed by atoms with Crippen molar-refractivity contribution in [2.45, 2.75) is 26.2 Å². The third-order valence-electron chi connectivity index (χ3n) is 2.48. The van der Waals surface area contributed by atoms with Gasteiger partial charge in [-0.25, -0.2) is 12.7 Å². The molecule has 0 aliphatic heterocycles. The SMILES string of the molecule is CCCCS(=O)(=O)N(C)CCc1ccco1. The maximum absolute atomic E-state index is 11.7. The molecule has 0 amide bonds. The summed E-state index contributed by atoms with van der Waals surface area (Å²) in [5.41, 5.74) is 0. The lowest BCUT2D eigenvalue weighted by Gasteiger charge is -2.16. The molecule has 0 saturated carbocycles. The van der Waals surface area contributed by atoms with Crippen molar-refractivity contribution in [1.82, 2.24) is 4.31 Å². The minimum atomic E-state index is -3.08. The molecule has 1 rings (SSSR count). The predicted octanol–water partition coefficient (Wildman–Crippen LogP) is 1.88. The van der Waals surface area contributed by atoms with Crippen LogP contribution in [0.4, 0.5) is 0 Å². The van der Waals surface area contributed by atoms with Gasteiger partial charge < -0.3 is 4.42 Å². The molecule has 0 saturated heterocycles. The van der Waals surface area contributed by atoms with E-state index in [0.717, 1.165) is 12.2 Å². The number of likely N-dealkylation sites (N-methyl/N-ethyl adjacent to an activating group) is 1. The fraction of sp³-hybridized carbons (Fsp3) is 0.636. The molecule has 1 aromatic rings. The Hall–Kier alpha value is -0.810. The second kappa shape index (κ2) is 6.06. The van der Waals surface area contributed by atoms with E-state index in [1.807, 2.05) is 13.0 Å². The van der Waals surface area contributed by atoms with Crippen molar-refractivity contribution >= 4 is 10.0 Å². The van der Waals surface area contributed by atoms with Gasteiger partial charge >= 0.3 is 0 Å². The molecule has 0 aliphatic rings. The summed E-state index contributed by atoms with van der Waals surface area (Å²) in [4.78, 5) is 0. The lowest BCUT2D eigenvalue weighted by molar-refractivity contribution is 0.440. The highest BCUT2D eigenvalue weighted by atomic mass is 32.2. The lowest BCUT2D eigenvalue weighted by atomic mass is 10.3. The van der Waals surface area contributed by atoms with Crippen molar-refractivity contribution in [3.8, 4) is 0 Å². The van der Waals surface area contributed by atoms with Gasteiger partial charge in [0, 0.05) is 20.0 Å². The summed E-state index contributed by atoms with van der Waals surface area (Å²) >= 11 is 0. The van der Waals surface area contributed by atoms with Crippen LogP contribution in [0.25, 0.3) is 0 Å². The molecule has 1 heterocycles. The first-order chi connectivity index (χ1) is 7.56. The first kappa shape index (κ1) is 13.3. The molecular weight excluding hydrogens is 226 g/mol. The number of nitrogens with zero attached hydrogens (tertiary/aromatic N) is 1. The van der Waals surface area contributed by atoms with Gasteiger partial charge in [0.25, 0.3) is 0 Å². The number of rotatable bonds is 7. The van der Waals surface area contributed by atoms with Crippen LogP contribution in [0.5, 0.6) is 0 Å². The second-order valence-corrected chi connectivity index (χ2v) is 6.02. The van der Waals surface area contributed by atoms with E-state index in [1.165, 1.54) is 4.31 Å². The topological polar surface area (TPSA) is 50.5 Å². The first-order valence-electron chi connectivity index (χ1n) is 5.52. The van der Waals surface area contributed by atoms with Crippen LogP contribution in [-0.2, 0) is 16.4 Å². The maximum atomic E-state index is 11.7. The number of unbranched alkanes of at least 4 members (excludes halogenated alkanes) is 1. The molecule has 16 heavy (non-hydrogen) atoms. The van der Waals surface area contributed by atoms with Crippen molar-refractivity contribution in [3.05, 3.63) is 24.2 Å². The zero-order valence-corrected chi connectivity index (χ0v) is 10.7. The first-order valence-corrected chi connectivity index (χ1v) is 7.13. The van der Waals surface area contributed by atoms with Gasteiger partial charge in [-0.15, -0.1) is 0 Å². The van der Waals surface area contributed by atoms with E-state index < -0.39 is 10.0 Å². The highest BCUT2D eigenvalue weighted by Crippen LogP contribution is 2.06. The summed E-state index contributed by atoms with van der Waals surface area (Å²) in [6, 6.07) is 3.66. The Morgan fingerprint density at radius 1 is 1.44 bits per heavy atom. The molecule has 0 atom stereocenters. The zero-order valence-electron chi connectivity index (χ0n) is 9.85. The number of sulfonamides is 1. The van der Waals surface area contributed by atoms with E-state index in [1.54, 1.807) is 19.4 Å². The summed E-state index contributed by atoms with van der Waals surface area (Å²) in [7, 11) is -1.47. The quantitative estimate of drug-likeness (QED) is 0.737. The van der Waals surface area contributed by atoms with Crippen LogP contribution in [0.2, 0.25) is 0 Å². The Kier molecular flexibility index (Phi) is 5.02. The second-order valence-electron chi connectivity index (χ2n) is 3.82. The summed E-state index contributed by atoms with van der Waals surface area (Å²) in [6.07, 6.45) is 3.83. The average Bonchev–Trinajstić information content (AvgIpc) is 2.75. The van der Waals surface area contributed by atoms with Crippen LogP contribution in [0, 0.1) is 0 Å². The monoisotopic (exact) mass is 245 g/mol. The van der Waals surface area contributed by atoms with Crippen LogP contribution in [0.3, 0.4) is 0 Å².